The van der Waals surface area contributed by atoms with E-state index in [9.17, 15) is 9.18 Å². The van der Waals surface area contributed by atoms with Gasteiger partial charge in [0.2, 0.25) is 5.91 Å². The van der Waals surface area contributed by atoms with Gasteiger partial charge < -0.3 is 11.1 Å². The highest BCUT2D eigenvalue weighted by Gasteiger charge is 2.40. The maximum absolute atomic E-state index is 13.2. The van der Waals surface area contributed by atoms with Crippen LogP contribution < -0.4 is 11.1 Å². The van der Waals surface area contributed by atoms with E-state index in [-0.39, 0.29) is 23.2 Å². The fraction of sp³-hybridized carbons (Fsp3) is 0.611. The number of rotatable bonds is 4. The van der Waals surface area contributed by atoms with Crippen LogP contribution in [0.25, 0.3) is 0 Å². The smallest absolute Gasteiger partial charge is 0.224 e. The quantitative estimate of drug-likeness (QED) is 0.898. The second-order valence-corrected chi connectivity index (χ2v) is 6.82. The zero-order valence-electron chi connectivity index (χ0n) is 13.0. The van der Waals surface area contributed by atoms with Gasteiger partial charge in [0.05, 0.1) is 5.54 Å². The SMILES string of the molecule is NC[C@H]1CCC[C@H]1C(=O)NC1(c2ccc(F)cc2)CCCC1. The molecule has 2 fully saturated rings. The van der Waals surface area contributed by atoms with Crippen LogP contribution in [0.2, 0.25) is 0 Å². The molecule has 1 aromatic carbocycles. The number of nitrogens with two attached hydrogens (primary N) is 1. The largest absolute Gasteiger partial charge is 0.346 e. The summed E-state index contributed by atoms with van der Waals surface area (Å²) in [6.07, 6.45) is 7.15. The summed E-state index contributed by atoms with van der Waals surface area (Å²) in [6.45, 7) is 0.585. The molecule has 3 N–H and O–H groups in total. The van der Waals surface area contributed by atoms with Gasteiger partial charge in [0.25, 0.3) is 0 Å². The van der Waals surface area contributed by atoms with E-state index >= 15 is 0 Å². The van der Waals surface area contributed by atoms with E-state index in [2.05, 4.69) is 5.32 Å². The molecule has 2 aliphatic rings. The molecule has 120 valence electrons. The Morgan fingerprint density at radius 2 is 1.86 bits per heavy atom. The molecule has 3 nitrogen and oxygen atoms in total. The van der Waals surface area contributed by atoms with Crippen molar-refractivity contribution in [2.75, 3.05) is 6.54 Å². The molecule has 22 heavy (non-hydrogen) atoms. The predicted octanol–water partition coefficient (Wildman–Crippen LogP) is 3.09. The van der Waals surface area contributed by atoms with Crippen LogP contribution in [0.3, 0.4) is 0 Å². The average molecular weight is 304 g/mol. The number of amides is 1. The third kappa shape index (κ3) is 2.89. The Morgan fingerprint density at radius 3 is 2.50 bits per heavy atom. The molecule has 2 aliphatic carbocycles. The maximum Gasteiger partial charge on any atom is 0.224 e. The lowest BCUT2D eigenvalue weighted by molar-refractivity contribution is -0.128. The van der Waals surface area contributed by atoms with Crippen molar-refractivity contribution in [3.8, 4) is 0 Å². The molecular weight excluding hydrogens is 279 g/mol. The first-order chi connectivity index (χ1) is 10.6. The van der Waals surface area contributed by atoms with Gasteiger partial charge in [0, 0.05) is 5.92 Å². The van der Waals surface area contributed by atoms with Crippen LogP contribution in [0, 0.1) is 17.7 Å². The molecule has 4 heteroatoms. The standard InChI is InChI=1S/C18H25FN2O/c19-15-8-6-14(7-9-15)18(10-1-2-11-18)21-17(22)16-5-3-4-13(16)12-20/h6-9,13,16H,1-5,10-12,20H2,(H,21,22)/t13-,16-/m1/s1. The van der Waals surface area contributed by atoms with Crippen LogP contribution in [0.15, 0.2) is 24.3 Å². The number of carbonyl (C=O) groups excluding carboxylic acids is 1. The Balaban J connectivity index is 1.79. The van der Waals surface area contributed by atoms with Gasteiger partial charge in [0.1, 0.15) is 5.82 Å². The summed E-state index contributed by atoms with van der Waals surface area (Å²) < 4.78 is 13.2. The van der Waals surface area contributed by atoms with Crippen molar-refractivity contribution in [1.29, 1.82) is 0 Å². The van der Waals surface area contributed by atoms with Crippen molar-refractivity contribution >= 4 is 5.91 Å². The molecule has 0 spiro atoms. The highest BCUT2D eigenvalue weighted by molar-refractivity contribution is 5.80. The molecular formula is C18H25FN2O. The second kappa shape index (κ2) is 6.37. The van der Waals surface area contributed by atoms with Gasteiger partial charge in [0.15, 0.2) is 0 Å². The van der Waals surface area contributed by atoms with E-state index in [1.807, 2.05) is 12.1 Å². The lowest BCUT2D eigenvalue weighted by Crippen LogP contribution is -2.47. The molecule has 1 amide bonds. The summed E-state index contributed by atoms with van der Waals surface area (Å²) in [6, 6.07) is 6.60. The first kappa shape index (κ1) is 15.5. The van der Waals surface area contributed by atoms with Crippen LogP contribution in [-0.4, -0.2) is 12.5 Å². The third-order valence-electron chi connectivity index (χ3n) is 5.51. The zero-order valence-corrected chi connectivity index (χ0v) is 13.0. The van der Waals surface area contributed by atoms with E-state index < -0.39 is 0 Å². The molecule has 0 saturated heterocycles. The monoisotopic (exact) mass is 304 g/mol. The fourth-order valence-electron chi connectivity index (χ4n) is 4.23. The van der Waals surface area contributed by atoms with Gasteiger partial charge >= 0.3 is 0 Å². The van der Waals surface area contributed by atoms with Crippen molar-refractivity contribution in [3.63, 3.8) is 0 Å². The van der Waals surface area contributed by atoms with Crippen LogP contribution in [0.5, 0.6) is 0 Å². The van der Waals surface area contributed by atoms with E-state index in [0.717, 1.165) is 50.5 Å². The Morgan fingerprint density at radius 1 is 1.18 bits per heavy atom. The van der Waals surface area contributed by atoms with Gasteiger partial charge in [-0.2, -0.15) is 0 Å². The molecule has 0 aliphatic heterocycles. The minimum Gasteiger partial charge on any atom is -0.346 e. The van der Waals surface area contributed by atoms with Crippen molar-refractivity contribution in [1.82, 2.24) is 5.32 Å². The Hall–Kier alpha value is -1.42. The number of carbonyl (C=O) groups is 1. The van der Waals surface area contributed by atoms with Crippen molar-refractivity contribution in [2.24, 2.45) is 17.6 Å². The van der Waals surface area contributed by atoms with Crippen LogP contribution in [-0.2, 0) is 10.3 Å². The minimum atomic E-state index is -0.313. The lowest BCUT2D eigenvalue weighted by atomic mass is 9.86. The summed E-state index contributed by atoms with van der Waals surface area (Å²) in [5.74, 6) is 0.260. The maximum atomic E-state index is 13.2. The molecule has 0 radical (unpaired) electrons. The number of nitrogens with one attached hydrogen (secondary N) is 1. The van der Waals surface area contributed by atoms with Crippen molar-refractivity contribution in [2.45, 2.75) is 50.5 Å². The predicted molar refractivity (Wildman–Crippen MR) is 84.6 cm³/mol. The average Bonchev–Trinajstić information content (AvgIpc) is 3.17. The van der Waals surface area contributed by atoms with Crippen molar-refractivity contribution < 1.29 is 9.18 Å². The van der Waals surface area contributed by atoms with Gasteiger partial charge in [-0.25, -0.2) is 4.39 Å². The highest BCUT2D eigenvalue weighted by Crippen LogP contribution is 2.40. The third-order valence-corrected chi connectivity index (χ3v) is 5.51. The number of halogens is 1. The van der Waals surface area contributed by atoms with Crippen LogP contribution in [0.1, 0.15) is 50.5 Å². The number of hydrogen-bond acceptors (Lipinski definition) is 2. The Bertz CT molecular complexity index is 522. The Kier molecular flexibility index (Phi) is 4.48. The fourth-order valence-corrected chi connectivity index (χ4v) is 4.23. The number of benzene rings is 1. The molecule has 1 aromatic rings. The van der Waals surface area contributed by atoms with E-state index in [1.165, 1.54) is 12.1 Å². The molecule has 3 rings (SSSR count). The number of hydrogen-bond donors (Lipinski definition) is 2. The zero-order chi connectivity index (χ0) is 15.6. The molecule has 2 atom stereocenters. The van der Waals surface area contributed by atoms with Gasteiger partial charge in [-0.3, -0.25) is 4.79 Å². The van der Waals surface area contributed by atoms with Gasteiger partial charge in [-0.05, 0) is 55.8 Å². The summed E-state index contributed by atoms with van der Waals surface area (Å²) in [7, 11) is 0. The highest BCUT2D eigenvalue weighted by atomic mass is 19.1. The summed E-state index contributed by atoms with van der Waals surface area (Å²) >= 11 is 0. The van der Waals surface area contributed by atoms with E-state index in [4.69, 9.17) is 5.73 Å². The second-order valence-electron chi connectivity index (χ2n) is 6.82. The summed E-state index contributed by atoms with van der Waals surface area (Å²) in [4.78, 5) is 12.8. The molecule has 0 heterocycles. The van der Waals surface area contributed by atoms with Crippen LogP contribution >= 0.6 is 0 Å². The topological polar surface area (TPSA) is 55.1 Å². The first-order valence-corrected chi connectivity index (χ1v) is 8.43. The molecule has 2 saturated carbocycles. The van der Waals surface area contributed by atoms with E-state index in [0.29, 0.717) is 12.5 Å². The minimum absolute atomic E-state index is 0.0444. The summed E-state index contributed by atoms with van der Waals surface area (Å²) in [5, 5.41) is 3.32. The van der Waals surface area contributed by atoms with Gasteiger partial charge in [-0.15, -0.1) is 0 Å². The first-order valence-electron chi connectivity index (χ1n) is 8.43. The normalized spacial score (nSPS) is 27.0. The van der Waals surface area contributed by atoms with Gasteiger partial charge in [-0.1, -0.05) is 31.4 Å². The molecule has 0 unspecified atom stereocenters. The van der Waals surface area contributed by atoms with Crippen molar-refractivity contribution in [3.05, 3.63) is 35.6 Å². The lowest BCUT2D eigenvalue weighted by Gasteiger charge is -2.33. The van der Waals surface area contributed by atoms with Crippen LogP contribution in [0.4, 0.5) is 4.39 Å². The Labute approximate surface area is 131 Å². The molecule has 0 aromatic heterocycles. The summed E-state index contributed by atoms with van der Waals surface area (Å²) in [5.41, 5.74) is 6.53. The van der Waals surface area contributed by atoms with E-state index in [1.54, 1.807) is 0 Å². The molecule has 0 bridgehead atoms.